The Morgan fingerprint density at radius 1 is 1.15 bits per heavy atom. The molecule has 20 heavy (non-hydrogen) atoms. The van der Waals surface area contributed by atoms with Gasteiger partial charge < -0.3 is 4.74 Å². The second-order valence-electron chi connectivity index (χ2n) is 4.43. The van der Waals surface area contributed by atoms with Crippen molar-refractivity contribution < 1.29 is 9.53 Å². The summed E-state index contributed by atoms with van der Waals surface area (Å²) in [5.41, 5.74) is 2.53. The fourth-order valence-corrected chi connectivity index (χ4v) is 2.00. The van der Waals surface area contributed by atoms with Crippen LogP contribution in [0.4, 0.5) is 0 Å². The molecule has 0 aliphatic rings. The molecule has 0 unspecified atom stereocenters. The largest absolute Gasteiger partial charge is 0.496 e. The van der Waals surface area contributed by atoms with E-state index in [0.717, 1.165) is 16.9 Å². The van der Waals surface area contributed by atoms with Crippen LogP contribution in [0.15, 0.2) is 48.5 Å². The molecule has 2 nitrogen and oxygen atoms in total. The van der Waals surface area contributed by atoms with Crippen molar-refractivity contribution in [2.45, 2.75) is 6.92 Å². The lowest BCUT2D eigenvalue weighted by atomic mass is 10.1. The van der Waals surface area contributed by atoms with Crippen LogP contribution in [0, 0.1) is 6.92 Å². The Labute approximate surface area is 123 Å². The van der Waals surface area contributed by atoms with Gasteiger partial charge in [-0.25, -0.2) is 0 Å². The maximum absolute atomic E-state index is 12.1. The van der Waals surface area contributed by atoms with Gasteiger partial charge in [0.2, 0.25) is 0 Å². The molecule has 102 valence electrons. The first kappa shape index (κ1) is 14.4. The van der Waals surface area contributed by atoms with E-state index >= 15 is 0 Å². The van der Waals surface area contributed by atoms with Gasteiger partial charge >= 0.3 is 0 Å². The number of ketones is 1. The second-order valence-corrected chi connectivity index (χ2v) is 4.87. The van der Waals surface area contributed by atoms with Gasteiger partial charge in [0.1, 0.15) is 5.75 Å². The first-order valence-electron chi connectivity index (χ1n) is 6.23. The van der Waals surface area contributed by atoms with Crippen molar-refractivity contribution in [1.29, 1.82) is 0 Å². The van der Waals surface area contributed by atoms with E-state index in [4.69, 9.17) is 16.3 Å². The minimum absolute atomic E-state index is 0.0364. The third-order valence-corrected chi connectivity index (χ3v) is 3.23. The predicted octanol–water partition coefficient (Wildman–Crippen LogP) is 4.55. The van der Waals surface area contributed by atoms with Crippen LogP contribution in [0.3, 0.4) is 0 Å². The molecule has 0 radical (unpaired) electrons. The van der Waals surface area contributed by atoms with Gasteiger partial charge in [0, 0.05) is 10.6 Å². The molecule has 0 N–H and O–H groups in total. The number of carbonyl (C=O) groups excluding carboxylic acids is 1. The van der Waals surface area contributed by atoms with E-state index in [-0.39, 0.29) is 5.78 Å². The fraction of sp³-hybridized carbons (Fsp3) is 0.118. The van der Waals surface area contributed by atoms with E-state index in [1.165, 1.54) is 0 Å². The zero-order valence-electron chi connectivity index (χ0n) is 11.4. The highest BCUT2D eigenvalue weighted by atomic mass is 35.5. The highest BCUT2D eigenvalue weighted by Crippen LogP contribution is 2.19. The lowest BCUT2D eigenvalue weighted by Gasteiger charge is -2.05. The Balaban J connectivity index is 2.15. The van der Waals surface area contributed by atoms with Crippen LogP contribution in [0.25, 0.3) is 6.08 Å². The number of hydrogen-bond acceptors (Lipinski definition) is 2. The highest BCUT2D eigenvalue weighted by Gasteiger charge is 2.05. The zero-order valence-corrected chi connectivity index (χ0v) is 12.1. The minimum atomic E-state index is -0.0364. The molecule has 2 aromatic rings. The molecule has 0 saturated carbocycles. The lowest BCUT2D eigenvalue weighted by molar-refractivity contribution is 0.104. The summed E-state index contributed by atoms with van der Waals surface area (Å²) in [6.45, 7) is 1.92. The SMILES string of the molecule is COc1ccc(C(=O)/C=C/c2ccc(Cl)cc2)cc1C. The molecule has 0 aliphatic carbocycles. The van der Waals surface area contributed by atoms with Crippen molar-refractivity contribution in [1.82, 2.24) is 0 Å². The summed E-state index contributed by atoms with van der Waals surface area (Å²) in [4.78, 5) is 12.1. The van der Waals surface area contributed by atoms with Gasteiger partial charge in [0.25, 0.3) is 0 Å². The molecular weight excluding hydrogens is 272 g/mol. The zero-order chi connectivity index (χ0) is 14.5. The molecule has 0 spiro atoms. The third kappa shape index (κ3) is 3.49. The smallest absolute Gasteiger partial charge is 0.185 e. The number of carbonyl (C=O) groups is 1. The van der Waals surface area contributed by atoms with Gasteiger partial charge in [-0.05, 0) is 54.5 Å². The van der Waals surface area contributed by atoms with Gasteiger partial charge in [-0.2, -0.15) is 0 Å². The van der Waals surface area contributed by atoms with Crippen LogP contribution in [-0.2, 0) is 0 Å². The van der Waals surface area contributed by atoms with Crippen LogP contribution in [0.2, 0.25) is 5.02 Å². The summed E-state index contributed by atoms with van der Waals surface area (Å²) in [7, 11) is 1.62. The van der Waals surface area contributed by atoms with Crippen LogP contribution in [0.1, 0.15) is 21.5 Å². The van der Waals surface area contributed by atoms with Crippen molar-refractivity contribution >= 4 is 23.5 Å². The van der Waals surface area contributed by atoms with Crippen molar-refractivity contribution in [3.8, 4) is 5.75 Å². The van der Waals surface area contributed by atoms with Gasteiger partial charge in [0.15, 0.2) is 5.78 Å². The molecular formula is C17H15ClO2. The van der Waals surface area contributed by atoms with E-state index < -0.39 is 0 Å². The van der Waals surface area contributed by atoms with Crippen molar-refractivity contribution in [3.05, 3.63) is 70.3 Å². The number of halogens is 1. The average Bonchev–Trinajstić information content (AvgIpc) is 2.46. The number of aryl methyl sites for hydroxylation is 1. The Bertz CT molecular complexity index is 643. The normalized spacial score (nSPS) is 10.8. The summed E-state index contributed by atoms with van der Waals surface area (Å²) in [6, 6.07) is 12.7. The first-order chi connectivity index (χ1) is 9.60. The second kappa shape index (κ2) is 6.40. The van der Waals surface area contributed by atoms with E-state index in [9.17, 15) is 4.79 Å². The molecule has 0 amide bonds. The van der Waals surface area contributed by atoms with Gasteiger partial charge in [-0.1, -0.05) is 29.8 Å². The number of hydrogen-bond donors (Lipinski definition) is 0. The summed E-state index contributed by atoms with van der Waals surface area (Å²) in [5.74, 6) is 0.744. The molecule has 0 heterocycles. The summed E-state index contributed by atoms with van der Waals surface area (Å²) in [6.07, 6.45) is 3.34. The van der Waals surface area contributed by atoms with Crippen LogP contribution >= 0.6 is 11.6 Å². The topological polar surface area (TPSA) is 26.3 Å². The van der Waals surface area contributed by atoms with E-state index in [0.29, 0.717) is 10.6 Å². The number of benzene rings is 2. The summed E-state index contributed by atoms with van der Waals surface area (Å²) >= 11 is 5.81. The van der Waals surface area contributed by atoms with Crippen LogP contribution in [0.5, 0.6) is 5.75 Å². The van der Waals surface area contributed by atoms with Gasteiger partial charge in [0.05, 0.1) is 7.11 Å². The van der Waals surface area contributed by atoms with Crippen molar-refractivity contribution in [2.75, 3.05) is 7.11 Å². The minimum Gasteiger partial charge on any atom is -0.496 e. The number of ether oxygens (including phenoxy) is 1. The standard InChI is InChI=1S/C17H15ClO2/c1-12-11-14(6-10-17(12)20-2)16(19)9-5-13-3-7-15(18)8-4-13/h3-11H,1-2H3/b9-5+. The molecule has 0 atom stereocenters. The maximum atomic E-state index is 12.1. The number of rotatable bonds is 4. The molecule has 0 fully saturated rings. The van der Waals surface area contributed by atoms with Crippen LogP contribution < -0.4 is 4.74 Å². The molecule has 0 bridgehead atoms. The number of methoxy groups -OCH3 is 1. The van der Waals surface area contributed by atoms with E-state index in [1.54, 1.807) is 43.5 Å². The Kier molecular flexibility index (Phi) is 4.59. The molecule has 0 saturated heterocycles. The van der Waals surface area contributed by atoms with Gasteiger partial charge in [-0.15, -0.1) is 0 Å². The monoisotopic (exact) mass is 286 g/mol. The van der Waals surface area contributed by atoms with Crippen molar-refractivity contribution in [3.63, 3.8) is 0 Å². The Morgan fingerprint density at radius 3 is 2.45 bits per heavy atom. The highest BCUT2D eigenvalue weighted by molar-refractivity contribution is 6.30. The molecule has 0 aromatic heterocycles. The quantitative estimate of drug-likeness (QED) is 0.609. The Hall–Kier alpha value is -2.06. The molecule has 2 rings (SSSR count). The molecule has 3 heteroatoms. The van der Waals surface area contributed by atoms with Crippen LogP contribution in [-0.4, -0.2) is 12.9 Å². The molecule has 0 aliphatic heterocycles. The number of allylic oxidation sites excluding steroid dienone is 1. The van der Waals surface area contributed by atoms with E-state index in [1.807, 2.05) is 25.1 Å². The first-order valence-corrected chi connectivity index (χ1v) is 6.60. The summed E-state index contributed by atoms with van der Waals surface area (Å²) < 4.78 is 5.18. The summed E-state index contributed by atoms with van der Waals surface area (Å²) in [5, 5.41) is 0.680. The maximum Gasteiger partial charge on any atom is 0.185 e. The lowest BCUT2D eigenvalue weighted by Crippen LogP contribution is -1.96. The average molecular weight is 287 g/mol. The third-order valence-electron chi connectivity index (χ3n) is 2.98. The van der Waals surface area contributed by atoms with E-state index in [2.05, 4.69) is 0 Å². The van der Waals surface area contributed by atoms with Gasteiger partial charge in [-0.3, -0.25) is 4.79 Å². The predicted molar refractivity (Wildman–Crippen MR) is 82.5 cm³/mol. The molecule has 2 aromatic carbocycles. The Morgan fingerprint density at radius 2 is 1.85 bits per heavy atom. The van der Waals surface area contributed by atoms with Crippen molar-refractivity contribution in [2.24, 2.45) is 0 Å². The fourth-order valence-electron chi connectivity index (χ4n) is 1.87.